The Morgan fingerprint density at radius 2 is 1.86 bits per heavy atom. The number of hydrogen-bond acceptors (Lipinski definition) is 4. The number of aromatic nitrogens is 2. The summed E-state index contributed by atoms with van der Waals surface area (Å²) in [4.78, 5) is 21.9. The number of nitrogens with one attached hydrogen (secondary N) is 1. The van der Waals surface area contributed by atoms with Gasteiger partial charge in [0.15, 0.2) is 0 Å². The van der Waals surface area contributed by atoms with Crippen LogP contribution in [0.25, 0.3) is 17.1 Å². The molecule has 3 aromatic rings. The lowest BCUT2D eigenvalue weighted by Crippen LogP contribution is -2.21. The number of rotatable bonds is 8. The van der Waals surface area contributed by atoms with E-state index in [-0.39, 0.29) is 5.97 Å². The van der Waals surface area contributed by atoms with Crippen LogP contribution in [0.4, 0.5) is 5.69 Å². The molecule has 3 rings (SSSR count). The quantitative estimate of drug-likeness (QED) is 0.461. The minimum atomic E-state index is -0.321. The van der Waals surface area contributed by atoms with Gasteiger partial charge in [-0.1, -0.05) is 24.3 Å². The Hall–Kier alpha value is -3.08. The smallest absolute Gasteiger partial charge is 0.330 e. The lowest BCUT2D eigenvalue weighted by Gasteiger charge is -2.20. The van der Waals surface area contributed by atoms with E-state index in [1.54, 1.807) is 13.0 Å². The van der Waals surface area contributed by atoms with Gasteiger partial charge in [-0.25, -0.2) is 9.78 Å². The van der Waals surface area contributed by atoms with Gasteiger partial charge in [0, 0.05) is 31.3 Å². The van der Waals surface area contributed by atoms with E-state index in [9.17, 15) is 4.79 Å². The summed E-state index contributed by atoms with van der Waals surface area (Å²) in [5.74, 6) is 0.624. The molecule has 0 fully saturated rings. The zero-order chi connectivity index (χ0) is 19.9. The number of fused-ring (bicyclic) bond motifs is 1. The second kappa shape index (κ2) is 9.22. The van der Waals surface area contributed by atoms with Crippen molar-refractivity contribution in [1.29, 1.82) is 0 Å². The predicted molar refractivity (Wildman–Crippen MR) is 115 cm³/mol. The van der Waals surface area contributed by atoms with E-state index in [4.69, 9.17) is 9.72 Å². The van der Waals surface area contributed by atoms with Crippen LogP contribution in [0.15, 0.2) is 48.5 Å². The fourth-order valence-corrected chi connectivity index (χ4v) is 3.21. The third-order valence-electron chi connectivity index (χ3n) is 4.69. The number of esters is 1. The van der Waals surface area contributed by atoms with Crippen LogP contribution < -0.4 is 4.90 Å². The van der Waals surface area contributed by atoms with Crippen molar-refractivity contribution >= 4 is 28.8 Å². The van der Waals surface area contributed by atoms with Gasteiger partial charge in [-0.05, 0) is 56.2 Å². The summed E-state index contributed by atoms with van der Waals surface area (Å²) >= 11 is 0. The summed E-state index contributed by atoms with van der Waals surface area (Å²) in [5, 5.41) is 0. The molecule has 28 heavy (non-hydrogen) atoms. The summed E-state index contributed by atoms with van der Waals surface area (Å²) in [5.41, 5.74) is 5.38. The lowest BCUT2D eigenvalue weighted by molar-refractivity contribution is -0.137. The molecular formula is C23H27N3O2. The number of imidazole rings is 1. The SMILES string of the molecule is CCOC(=O)/C=C/c1ccc(Cc2nc3cc(N(CC)CC)ccc3[nH]2)cc1. The van der Waals surface area contributed by atoms with Crippen LogP contribution in [0.2, 0.25) is 0 Å². The second-order valence-corrected chi connectivity index (χ2v) is 6.56. The molecule has 5 heteroatoms. The van der Waals surface area contributed by atoms with Crippen LogP contribution in [0.3, 0.4) is 0 Å². The molecule has 146 valence electrons. The first-order valence-corrected chi connectivity index (χ1v) is 9.80. The number of H-pyrrole nitrogens is 1. The van der Waals surface area contributed by atoms with Gasteiger partial charge in [-0.15, -0.1) is 0 Å². The van der Waals surface area contributed by atoms with E-state index in [0.29, 0.717) is 6.61 Å². The van der Waals surface area contributed by atoms with Crippen molar-refractivity contribution in [2.24, 2.45) is 0 Å². The van der Waals surface area contributed by atoms with E-state index in [2.05, 4.69) is 54.1 Å². The van der Waals surface area contributed by atoms with Crippen LogP contribution in [-0.2, 0) is 16.0 Å². The normalized spacial score (nSPS) is 11.2. The number of aromatic amines is 1. The molecule has 0 aliphatic carbocycles. The van der Waals surface area contributed by atoms with Crippen molar-refractivity contribution in [3.05, 3.63) is 65.5 Å². The highest BCUT2D eigenvalue weighted by Gasteiger charge is 2.08. The molecule has 0 bridgehead atoms. The number of hydrogen-bond donors (Lipinski definition) is 1. The molecule has 0 saturated carbocycles. The summed E-state index contributed by atoms with van der Waals surface area (Å²) in [6.07, 6.45) is 3.94. The number of ether oxygens (including phenoxy) is 1. The minimum Gasteiger partial charge on any atom is -0.463 e. The number of carbonyl (C=O) groups is 1. The minimum absolute atomic E-state index is 0.321. The average molecular weight is 377 g/mol. The summed E-state index contributed by atoms with van der Waals surface area (Å²) in [7, 11) is 0. The largest absolute Gasteiger partial charge is 0.463 e. The van der Waals surface area contributed by atoms with Gasteiger partial charge in [-0.2, -0.15) is 0 Å². The number of benzene rings is 2. The highest BCUT2D eigenvalue weighted by Crippen LogP contribution is 2.21. The first kappa shape index (κ1) is 19.7. The molecule has 0 aliphatic heterocycles. The van der Waals surface area contributed by atoms with Gasteiger partial charge in [0.1, 0.15) is 5.82 Å². The Kier molecular flexibility index (Phi) is 6.48. The Balaban J connectivity index is 1.71. The topological polar surface area (TPSA) is 58.2 Å². The third-order valence-corrected chi connectivity index (χ3v) is 4.69. The van der Waals surface area contributed by atoms with Crippen LogP contribution in [0.1, 0.15) is 37.7 Å². The van der Waals surface area contributed by atoms with Crippen molar-refractivity contribution in [2.75, 3.05) is 24.6 Å². The fraction of sp³-hybridized carbons (Fsp3) is 0.304. The molecule has 0 saturated heterocycles. The van der Waals surface area contributed by atoms with Crippen molar-refractivity contribution in [2.45, 2.75) is 27.2 Å². The maximum Gasteiger partial charge on any atom is 0.330 e. The van der Waals surface area contributed by atoms with Gasteiger partial charge < -0.3 is 14.6 Å². The molecule has 0 aliphatic rings. The van der Waals surface area contributed by atoms with Crippen molar-refractivity contribution in [3.8, 4) is 0 Å². The highest BCUT2D eigenvalue weighted by atomic mass is 16.5. The van der Waals surface area contributed by atoms with Crippen molar-refractivity contribution in [3.63, 3.8) is 0 Å². The molecule has 5 nitrogen and oxygen atoms in total. The summed E-state index contributed by atoms with van der Waals surface area (Å²) in [6, 6.07) is 14.5. The molecule has 0 spiro atoms. The molecule has 1 heterocycles. The van der Waals surface area contributed by atoms with Crippen LogP contribution in [-0.4, -0.2) is 35.6 Å². The zero-order valence-electron chi connectivity index (χ0n) is 16.7. The number of carbonyl (C=O) groups excluding carboxylic acids is 1. The van der Waals surface area contributed by atoms with Crippen LogP contribution in [0, 0.1) is 0 Å². The van der Waals surface area contributed by atoms with Crippen molar-refractivity contribution in [1.82, 2.24) is 9.97 Å². The van der Waals surface area contributed by atoms with Gasteiger partial charge >= 0.3 is 5.97 Å². The lowest BCUT2D eigenvalue weighted by atomic mass is 10.1. The van der Waals surface area contributed by atoms with Crippen LogP contribution >= 0.6 is 0 Å². The van der Waals surface area contributed by atoms with E-state index in [0.717, 1.165) is 47.5 Å². The summed E-state index contributed by atoms with van der Waals surface area (Å²) in [6.45, 7) is 8.47. The van der Waals surface area contributed by atoms with Gasteiger partial charge in [-0.3, -0.25) is 0 Å². The molecule has 0 atom stereocenters. The monoisotopic (exact) mass is 377 g/mol. The maximum atomic E-state index is 11.4. The molecular weight excluding hydrogens is 350 g/mol. The van der Waals surface area contributed by atoms with E-state index >= 15 is 0 Å². The number of anilines is 1. The summed E-state index contributed by atoms with van der Waals surface area (Å²) < 4.78 is 4.89. The van der Waals surface area contributed by atoms with Gasteiger partial charge in [0.2, 0.25) is 0 Å². The Morgan fingerprint density at radius 1 is 1.11 bits per heavy atom. The molecule has 0 unspecified atom stereocenters. The Bertz CT molecular complexity index is 954. The Morgan fingerprint density at radius 3 is 2.54 bits per heavy atom. The van der Waals surface area contributed by atoms with Crippen molar-refractivity contribution < 1.29 is 9.53 Å². The Labute approximate surface area is 166 Å². The molecule has 0 amide bonds. The van der Waals surface area contributed by atoms with E-state index in [1.807, 2.05) is 12.1 Å². The second-order valence-electron chi connectivity index (χ2n) is 6.56. The predicted octanol–water partition coefficient (Wildman–Crippen LogP) is 4.58. The fourth-order valence-electron chi connectivity index (χ4n) is 3.21. The van der Waals surface area contributed by atoms with Gasteiger partial charge in [0.05, 0.1) is 17.6 Å². The van der Waals surface area contributed by atoms with E-state index in [1.165, 1.54) is 11.8 Å². The number of nitrogens with zero attached hydrogens (tertiary/aromatic N) is 2. The molecule has 0 radical (unpaired) electrons. The third kappa shape index (κ3) is 4.80. The first-order valence-electron chi connectivity index (χ1n) is 9.80. The first-order chi connectivity index (χ1) is 13.6. The van der Waals surface area contributed by atoms with Gasteiger partial charge in [0.25, 0.3) is 0 Å². The molecule has 1 N–H and O–H groups in total. The standard InChI is InChI=1S/C23H27N3O2/c1-4-26(5-2)19-12-13-20-21(16-19)25-22(24-20)15-18-9-7-17(8-10-18)11-14-23(27)28-6-3/h7-14,16H,4-6,15H2,1-3H3,(H,24,25)/b14-11+. The van der Waals surface area contributed by atoms with E-state index < -0.39 is 0 Å². The zero-order valence-corrected chi connectivity index (χ0v) is 16.7. The highest BCUT2D eigenvalue weighted by molar-refractivity contribution is 5.87. The van der Waals surface area contributed by atoms with Crippen LogP contribution in [0.5, 0.6) is 0 Å². The maximum absolute atomic E-state index is 11.4. The average Bonchev–Trinajstić information content (AvgIpc) is 3.10. The molecule has 2 aromatic carbocycles. The molecule has 1 aromatic heterocycles.